The zero-order valence-corrected chi connectivity index (χ0v) is 12.2. The molecule has 0 atom stereocenters. The van der Waals surface area contributed by atoms with Crippen molar-refractivity contribution in [3.63, 3.8) is 0 Å². The largest absolute Gasteiger partial charge is 0.353 e. The van der Waals surface area contributed by atoms with Crippen molar-refractivity contribution in [1.82, 2.24) is 10.3 Å². The number of hydrogen-bond donors (Lipinski definition) is 2. The molecule has 0 saturated carbocycles. The number of pyridine rings is 1. The Hall–Kier alpha value is -3.14. The number of hydrogen-bond acceptors (Lipinski definition) is 5. The van der Waals surface area contributed by atoms with Gasteiger partial charge in [0.25, 0.3) is 0 Å². The second-order valence-corrected chi connectivity index (χ2v) is 5.08. The van der Waals surface area contributed by atoms with Crippen LogP contribution in [0.4, 0.5) is 21.6 Å². The molecular weight excluding hydrogens is 297 g/mol. The summed E-state index contributed by atoms with van der Waals surface area (Å²) in [6.45, 7) is 1.57. The van der Waals surface area contributed by atoms with Crippen LogP contribution in [0.2, 0.25) is 0 Å². The number of rotatable bonds is 3. The standard InChI is InChI=1S/C16H14FN5O/c17-13-2-1-3-14(12(13)8-18)21-11-4-5-15(20-9-11)22-7-6-19-16(23)10-22/h1-5,9,21H,6-7,10H2,(H,19,23). The van der Waals surface area contributed by atoms with E-state index >= 15 is 0 Å². The van der Waals surface area contributed by atoms with E-state index < -0.39 is 5.82 Å². The SMILES string of the molecule is N#Cc1c(F)cccc1Nc1ccc(N2CCNC(=O)C2)nc1. The molecule has 2 aromatic rings. The zero-order valence-electron chi connectivity index (χ0n) is 12.2. The van der Waals surface area contributed by atoms with Gasteiger partial charge in [0.2, 0.25) is 5.91 Å². The van der Waals surface area contributed by atoms with Crippen LogP contribution in [0.25, 0.3) is 0 Å². The lowest BCUT2D eigenvalue weighted by molar-refractivity contribution is -0.120. The van der Waals surface area contributed by atoms with Gasteiger partial charge in [-0.1, -0.05) is 6.07 Å². The van der Waals surface area contributed by atoms with Gasteiger partial charge < -0.3 is 15.5 Å². The Morgan fingerprint density at radius 2 is 2.22 bits per heavy atom. The minimum absolute atomic E-state index is 0.0290. The predicted molar refractivity (Wildman–Crippen MR) is 83.9 cm³/mol. The van der Waals surface area contributed by atoms with Crippen LogP contribution < -0.4 is 15.5 Å². The molecule has 1 amide bonds. The molecule has 23 heavy (non-hydrogen) atoms. The number of nitrogens with one attached hydrogen (secondary N) is 2. The molecule has 0 radical (unpaired) electrons. The third kappa shape index (κ3) is 3.21. The first-order valence-corrected chi connectivity index (χ1v) is 7.11. The maximum atomic E-state index is 13.6. The molecule has 1 aromatic carbocycles. The smallest absolute Gasteiger partial charge is 0.239 e. The number of piperazine rings is 1. The summed E-state index contributed by atoms with van der Waals surface area (Å²) in [4.78, 5) is 17.6. The fraction of sp³-hybridized carbons (Fsp3) is 0.188. The molecular formula is C16H14FN5O. The molecule has 1 aliphatic heterocycles. The van der Waals surface area contributed by atoms with E-state index in [1.54, 1.807) is 24.4 Å². The topological polar surface area (TPSA) is 81.0 Å². The number of carbonyl (C=O) groups excluding carboxylic acids is 1. The van der Waals surface area contributed by atoms with Crippen LogP contribution in [0.3, 0.4) is 0 Å². The van der Waals surface area contributed by atoms with Crippen LogP contribution in [0.15, 0.2) is 36.5 Å². The van der Waals surface area contributed by atoms with Gasteiger partial charge in [-0.25, -0.2) is 9.37 Å². The molecule has 1 saturated heterocycles. The van der Waals surface area contributed by atoms with Gasteiger partial charge >= 0.3 is 0 Å². The Balaban J connectivity index is 1.77. The van der Waals surface area contributed by atoms with Crippen LogP contribution in [-0.4, -0.2) is 30.5 Å². The van der Waals surface area contributed by atoms with E-state index in [0.29, 0.717) is 30.3 Å². The Bertz CT molecular complexity index is 769. The Morgan fingerprint density at radius 3 is 2.91 bits per heavy atom. The number of aromatic nitrogens is 1. The van der Waals surface area contributed by atoms with Crippen LogP contribution in [-0.2, 0) is 4.79 Å². The fourth-order valence-corrected chi connectivity index (χ4v) is 2.38. The summed E-state index contributed by atoms with van der Waals surface area (Å²) in [7, 11) is 0. The molecule has 6 nitrogen and oxygen atoms in total. The monoisotopic (exact) mass is 311 g/mol. The van der Waals surface area contributed by atoms with Crippen LogP contribution in [0.5, 0.6) is 0 Å². The van der Waals surface area contributed by atoms with E-state index in [4.69, 9.17) is 5.26 Å². The maximum absolute atomic E-state index is 13.6. The first kappa shape index (κ1) is 14.8. The van der Waals surface area contributed by atoms with Gasteiger partial charge in [-0.3, -0.25) is 4.79 Å². The van der Waals surface area contributed by atoms with Crippen LogP contribution >= 0.6 is 0 Å². The number of anilines is 3. The molecule has 2 heterocycles. The third-order valence-electron chi connectivity index (χ3n) is 3.51. The van der Waals surface area contributed by atoms with Crippen molar-refractivity contribution in [1.29, 1.82) is 5.26 Å². The second-order valence-electron chi connectivity index (χ2n) is 5.08. The lowest BCUT2D eigenvalue weighted by Gasteiger charge is -2.27. The van der Waals surface area contributed by atoms with Crippen molar-refractivity contribution in [2.75, 3.05) is 29.9 Å². The zero-order chi connectivity index (χ0) is 16.2. The van der Waals surface area contributed by atoms with Crippen molar-refractivity contribution >= 4 is 23.1 Å². The van der Waals surface area contributed by atoms with Gasteiger partial charge in [0.05, 0.1) is 24.1 Å². The lowest BCUT2D eigenvalue weighted by Crippen LogP contribution is -2.48. The Kier molecular flexibility index (Phi) is 4.06. The van der Waals surface area contributed by atoms with Crippen LogP contribution in [0.1, 0.15) is 5.56 Å². The quantitative estimate of drug-likeness (QED) is 0.903. The summed E-state index contributed by atoms with van der Waals surface area (Å²) >= 11 is 0. The highest BCUT2D eigenvalue weighted by Gasteiger charge is 2.17. The average molecular weight is 311 g/mol. The predicted octanol–water partition coefficient (Wildman–Crippen LogP) is 1.77. The first-order valence-electron chi connectivity index (χ1n) is 7.11. The van der Waals surface area contributed by atoms with Crippen molar-refractivity contribution in [3.05, 3.63) is 47.9 Å². The summed E-state index contributed by atoms with van der Waals surface area (Å²) in [6, 6.07) is 9.81. The Labute approximate surface area is 132 Å². The number of nitrogens with zero attached hydrogens (tertiary/aromatic N) is 3. The highest BCUT2D eigenvalue weighted by molar-refractivity contribution is 5.82. The van der Waals surface area contributed by atoms with E-state index in [0.717, 1.165) is 0 Å². The minimum atomic E-state index is -0.568. The molecule has 0 unspecified atom stereocenters. The van der Waals surface area contributed by atoms with Gasteiger partial charge in [0, 0.05) is 13.1 Å². The molecule has 1 fully saturated rings. The molecule has 1 aliphatic rings. The van der Waals surface area contributed by atoms with E-state index in [1.165, 1.54) is 12.1 Å². The highest BCUT2D eigenvalue weighted by Crippen LogP contribution is 2.23. The highest BCUT2D eigenvalue weighted by atomic mass is 19.1. The molecule has 0 spiro atoms. The van der Waals surface area contributed by atoms with Crippen molar-refractivity contribution in [2.24, 2.45) is 0 Å². The normalized spacial score (nSPS) is 14.1. The summed E-state index contributed by atoms with van der Waals surface area (Å²) in [5.41, 5.74) is 0.987. The third-order valence-corrected chi connectivity index (χ3v) is 3.51. The first-order chi connectivity index (χ1) is 11.2. The van der Waals surface area contributed by atoms with Crippen molar-refractivity contribution in [3.8, 4) is 6.07 Å². The van der Waals surface area contributed by atoms with Gasteiger partial charge in [-0.15, -0.1) is 0 Å². The number of carbonyl (C=O) groups is 1. The molecule has 116 valence electrons. The number of amides is 1. The molecule has 7 heteroatoms. The fourth-order valence-electron chi connectivity index (χ4n) is 2.38. The molecule has 0 aliphatic carbocycles. The van der Waals surface area contributed by atoms with Crippen LogP contribution in [0, 0.1) is 17.1 Å². The Morgan fingerprint density at radius 1 is 1.35 bits per heavy atom. The molecule has 1 aromatic heterocycles. The summed E-state index contributed by atoms with van der Waals surface area (Å²) < 4.78 is 13.6. The molecule has 3 rings (SSSR count). The molecule has 0 bridgehead atoms. The second kappa shape index (κ2) is 6.32. The average Bonchev–Trinajstić information content (AvgIpc) is 2.56. The van der Waals surface area contributed by atoms with Gasteiger partial charge in [-0.2, -0.15) is 5.26 Å². The van der Waals surface area contributed by atoms with Gasteiger partial charge in [0.15, 0.2) is 0 Å². The number of halogens is 1. The minimum Gasteiger partial charge on any atom is -0.353 e. The summed E-state index contributed by atoms with van der Waals surface area (Å²) in [5.74, 6) is 0.102. The van der Waals surface area contributed by atoms with Gasteiger partial charge in [-0.05, 0) is 24.3 Å². The van der Waals surface area contributed by atoms with Gasteiger partial charge in [0.1, 0.15) is 23.3 Å². The summed E-state index contributed by atoms with van der Waals surface area (Å²) in [6.07, 6.45) is 1.59. The van der Waals surface area contributed by atoms with E-state index in [-0.39, 0.29) is 18.0 Å². The van der Waals surface area contributed by atoms with E-state index in [1.807, 2.05) is 11.0 Å². The van der Waals surface area contributed by atoms with Crippen molar-refractivity contribution in [2.45, 2.75) is 0 Å². The lowest BCUT2D eigenvalue weighted by atomic mass is 10.2. The molecule has 2 N–H and O–H groups in total. The van der Waals surface area contributed by atoms with E-state index in [9.17, 15) is 9.18 Å². The van der Waals surface area contributed by atoms with Crippen molar-refractivity contribution < 1.29 is 9.18 Å². The van der Waals surface area contributed by atoms with E-state index in [2.05, 4.69) is 15.6 Å². The summed E-state index contributed by atoms with van der Waals surface area (Å²) in [5, 5.41) is 14.8. The number of nitriles is 1. The maximum Gasteiger partial charge on any atom is 0.239 e. The number of benzene rings is 1.